The van der Waals surface area contributed by atoms with Crippen LogP contribution in [0.4, 0.5) is 20.2 Å². The zero-order chi connectivity index (χ0) is 15.8. The number of benzene rings is 2. The van der Waals surface area contributed by atoms with E-state index in [1.165, 1.54) is 0 Å². The maximum Gasteiger partial charge on any atom is 1.00 e. The van der Waals surface area contributed by atoms with Gasteiger partial charge in [0.25, 0.3) is 0 Å². The molecule has 0 unspecified atom stereocenters. The second-order valence-corrected chi connectivity index (χ2v) is 4.01. The summed E-state index contributed by atoms with van der Waals surface area (Å²) in [6, 6.07) is 9.79. The van der Waals surface area contributed by atoms with Gasteiger partial charge < -0.3 is 11.8 Å². The normalized spacial score (nSPS) is 9.27. The van der Waals surface area contributed by atoms with Gasteiger partial charge in [0.1, 0.15) is 11.8 Å². The van der Waals surface area contributed by atoms with Crippen LogP contribution in [-0.4, -0.2) is 0 Å². The summed E-state index contributed by atoms with van der Waals surface area (Å²) in [7, 11) is 0. The molecule has 2 aromatic rings. The topological polar surface area (TPSA) is 72.3 Å². The van der Waals surface area contributed by atoms with Crippen molar-refractivity contribution in [2.75, 3.05) is 0 Å². The van der Waals surface area contributed by atoms with Crippen LogP contribution in [0.3, 0.4) is 0 Å². The maximum atomic E-state index is 13.1. The zero-order valence-electron chi connectivity index (χ0n) is 10.7. The number of hydrogen-bond donors (Lipinski definition) is 0. The number of azo groups is 1. The van der Waals surface area contributed by atoms with E-state index < -0.39 is 11.6 Å². The Bertz CT molecular complexity index is 724. The van der Waals surface area contributed by atoms with E-state index in [9.17, 15) is 8.78 Å². The number of nitrogens with zero attached hydrogens (tertiary/aromatic N) is 4. The molecule has 4 nitrogen and oxygen atoms in total. The third-order valence-electron chi connectivity index (χ3n) is 2.26. The first-order chi connectivity index (χ1) is 10.1. The summed E-state index contributed by atoms with van der Waals surface area (Å²) in [5, 5.41) is 23.2. The SMILES string of the molecule is N#Cc1cc(F)c(F)cc1N=Nc1ccc(Cl)cc1.[C-]#N.[Cu+]. The van der Waals surface area contributed by atoms with Crippen LogP contribution in [0.5, 0.6) is 0 Å². The van der Waals surface area contributed by atoms with Gasteiger partial charge in [-0.1, -0.05) is 11.6 Å². The average molecular weight is 367 g/mol. The van der Waals surface area contributed by atoms with E-state index >= 15 is 0 Å². The van der Waals surface area contributed by atoms with Gasteiger partial charge in [-0.2, -0.15) is 10.4 Å². The molecule has 0 bridgehead atoms. The van der Waals surface area contributed by atoms with E-state index in [2.05, 4.69) is 10.2 Å². The van der Waals surface area contributed by atoms with Gasteiger partial charge in [-0.05, 0) is 30.3 Å². The second kappa shape index (κ2) is 9.59. The van der Waals surface area contributed by atoms with Gasteiger partial charge in [-0.15, -0.1) is 5.11 Å². The molecule has 8 heteroatoms. The number of rotatable bonds is 2. The third-order valence-corrected chi connectivity index (χ3v) is 2.51. The Morgan fingerprint density at radius 2 is 1.55 bits per heavy atom. The van der Waals surface area contributed by atoms with Crippen LogP contribution in [0.15, 0.2) is 46.6 Å². The monoisotopic (exact) mass is 366 g/mol. The largest absolute Gasteiger partial charge is 1.00 e. The molecule has 0 atom stereocenters. The van der Waals surface area contributed by atoms with Crippen LogP contribution in [-0.2, 0) is 17.1 Å². The summed E-state index contributed by atoms with van der Waals surface area (Å²) >= 11 is 5.71. The van der Waals surface area contributed by atoms with Crippen LogP contribution < -0.4 is 0 Å². The van der Waals surface area contributed by atoms with Crippen molar-refractivity contribution < 1.29 is 25.8 Å². The zero-order valence-corrected chi connectivity index (χ0v) is 12.4. The minimum atomic E-state index is -1.10. The predicted octanol–water partition coefficient (Wildman–Crippen LogP) is 5.00. The molecule has 0 N–H and O–H groups in total. The molecule has 0 amide bonds. The summed E-state index contributed by atoms with van der Waals surface area (Å²) in [6.07, 6.45) is 0. The molecule has 0 aliphatic heterocycles. The van der Waals surface area contributed by atoms with Gasteiger partial charge in [0.15, 0.2) is 11.6 Å². The Labute approximate surface area is 141 Å². The van der Waals surface area contributed by atoms with Crippen molar-refractivity contribution in [1.82, 2.24) is 0 Å². The fourth-order valence-corrected chi connectivity index (χ4v) is 1.45. The maximum absolute atomic E-state index is 13.1. The molecule has 2 aromatic carbocycles. The van der Waals surface area contributed by atoms with Crippen molar-refractivity contribution in [1.29, 1.82) is 10.5 Å². The van der Waals surface area contributed by atoms with Crippen LogP contribution in [0, 0.1) is 34.8 Å². The van der Waals surface area contributed by atoms with Gasteiger partial charge in [0, 0.05) is 11.1 Å². The van der Waals surface area contributed by atoms with Crippen molar-refractivity contribution in [2.24, 2.45) is 10.2 Å². The van der Waals surface area contributed by atoms with Crippen LogP contribution >= 0.6 is 11.6 Å². The summed E-state index contributed by atoms with van der Waals surface area (Å²) < 4.78 is 26.0. The molecule has 22 heavy (non-hydrogen) atoms. The Hall–Kier alpha value is -2.31. The van der Waals surface area contributed by atoms with Gasteiger partial charge in [-0.25, -0.2) is 8.78 Å². The van der Waals surface area contributed by atoms with E-state index in [-0.39, 0.29) is 28.3 Å². The molecule has 0 aliphatic carbocycles. The standard InChI is InChI=1S/C13H6ClF2N3.CN.Cu/c14-9-1-3-10(4-2-9)18-19-13-6-12(16)11(15)5-8(13)7-17;1-2;/h1-6H;;/q;-1;+1. The molecular formula is C14H6ClCuF2N4. The Morgan fingerprint density at radius 3 is 2.09 bits per heavy atom. The van der Waals surface area contributed by atoms with Gasteiger partial charge >= 0.3 is 17.1 Å². The van der Waals surface area contributed by atoms with Gasteiger partial charge in [0.2, 0.25) is 0 Å². The first-order valence-corrected chi connectivity index (χ1v) is 5.77. The number of halogens is 3. The van der Waals surface area contributed by atoms with Crippen molar-refractivity contribution in [3.8, 4) is 6.07 Å². The molecular weight excluding hydrogens is 361 g/mol. The molecule has 0 saturated carbocycles. The Balaban J connectivity index is 0.00000141. The molecule has 0 aromatic heterocycles. The van der Waals surface area contributed by atoms with Crippen molar-refractivity contribution in [3.63, 3.8) is 0 Å². The van der Waals surface area contributed by atoms with Gasteiger partial charge in [-0.3, -0.25) is 0 Å². The van der Waals surface area contributed by atoms with Crippen molar-refractivity contribution in [2.45, 2.75) is 0 Å². The molecule has 0 saturated heterocycles. The first-order valence-electron chi connectivity index (χ1n) is 5.39. The molecule has 0 spiro atoms. The minimum absolute atomic E-state index is 0. The van der Waals surface area contributed by atoms with E-state index in [1.54, 1.807) is 30.3 Å². The predicted molar refractivity (Wildman–Crippen MR) is 71.7 cm³/mol. The van der Waals surface area contributed by atoms with Crippen LogP contribution in [0.1, 0.15) is 5.56 Å². The minimum Gasteiger partial charge on any atom is -0.512 e. The quantitative estimate of drug-likeness (QED) is 0.426. The summed E-state index contributed by atoms with van der Waals surface area (Å²) in [5.41, 5.74) is 0.367. The second-order valence-electron chi connectivity index (χ2n) is 3.57. The Kier molecular flexibility index (Phi) is 8.59. The van der Waals surface area contributed by atoms with Crippen molar-refractivity contribution >= 4 is 23.0 Å². The average Bonchev–Trinajstić information content (AvgIpc) is 2.51. The number of nitriles is 1. The van der Waals surface area contributed by atoms with Gasteiger partial charge in [0.05, 0.1) is 11.3 Å². The molecule has 0 heterocycles. The van der Waals surface area contributed by atoms with E-state index in [0.29, 0.717) is 10.7 Å². The van der Waals surface area contributed by atoms with E-state index in [0.717, 1.165) is 12.1 Å². The number of hydrogen-bond acceptors (Lipinski definition) is 4. The van der Waals surface area contributed by atoms with E-state index in [4.69, 9.17) is 28.7 Å². The molecule has 0 fully saturated rings. The van der Waals surface area contributed by atoms with Crippen LogP contribution in [0.25, 0.3) is 0 Å². The van der Waals surface area contributed by atoms with E-state index in [1.807, 2.05) is 0 Å². The smallest absolute Gasteiger partial charge is 0.512 e. The molecule has 0 radical (unpaired) electrons. The van der Waals surface area contributed by atoms with Crippen molar-refractivity contribution in [3.05, 3.63) is 65.2 Å². The fraction of sp³-hybridized carbons (Fsp3) is 0. The third kappa shape index (κ3) is 5.23. The first kappa shape index (κ1) is 19.7. The summed E-state index contributed by atoms with van der Waals surface area (Å²) in [6.45, 7) is 4.75. The molecule has 2 rings (SSSR count). The molecule has 0 aliphatic rings. The van der Waals surface area contributed by atoms with Crippen LogP contribution in [0.2, 0.25) is 5.02 Å². The molecule has 114 valence electrons. The fourth-order valence-electron chi connectivity index (χ4n) is 1.33. The Morgan fingerprint density at radius 1 is 1.00 bits per heavy atom. The summed E-state index contributed by atoms with van der Waals surface area (Å²) in [5.74, 6) is -2.17. The summed E-state index contributed by atoms with van der Waals surface area (Å²) in [4.78, 5) is 0.